The van der Waals surface area contributed by atoms with E-state index in [1.54, 1.807) is 23.2 Å². The lowest BCUT2D eigenvalue weighted by Crippen LogP contribution is -2.57. The number of carbonyl (C=O) groups is 2. The highest BCUT2D eigenvalue weighted by atomic mass is 32.1. The second kappa shape index (κ2) is 4.65. The highest BCUT2D eigenvalue weighted by Crippen LogP contribution is 2.10. The van der Waals surface area contributed by atoms with Crippen molar-refractivity contribution in [3.63, 3.8) is 0 Å². The molecule has 1 N–H and O–H groups in total. The zero-order valence-corrected chi connectivity index (χ0v) is 9.92. The van der Waals surface area contributed by atoms with Crippen LogP contribution >= 0.6 is 11.3 Å². The van der Waals surface area contributed by atoms with E-state index in [1.807, 2.05) is 11.4 Å². The van der Waals surface area contributed by atoms with E-state index >= 15 is 0 Å². The predicted octanol–water partition coefficient (Wildman–Crippen LogP) is 0.637. The minimum atomic E-state index is -0.347. The normalized spacial score (nSPS) is 21.1. The number of carbonyl (C=O) groups excluding carboxylic acids is 2. The first-order valence-corrected chi connectivity index (χ1v) is 6.21. The summed E-state index contributed by atoms with van der Waals surface area (Å²) in [6.45, 7) is 2.51. The average molecular weight is 238 g/mol. The number of rotatable bonds is 3. The summed E-state index contributed by atoms with van der Waals surface area (Å²) in [6.07, 6.45) is 0.812. The maximum Gasteiger partial charge on any atom is 0.242 e. The second-order valence-electron chi connectivity index (χ2n) is 3.86. The quantitative estimate of drug-likeness (QED) is 0.840. The first kappa shape index (κ1) is 11.1. The summed E-state index contributed by atoms with van der Waals surface area (Å²) in [5, 5.41) is 6.66. The molecule has 1 saturated heterocycles. The summed E-state index contributed by atoms with van der Waals surface area (Å²) in [5.74, 6) is -0.0627. The molecule has 0 spiro atoms. The number of hydrogen-bond donors (Lipinski definition) is 1. The Balaban J connectivity index is 1.96. The van der Waals surface area contributed by atoms with Crippen LogP contribution < -0.4 is 5.32 Å². The van der Waals surface area contributed by atoms with Crippen LogP contribution in [0, 0.1) is 0 Å². The third-order valence-corrected chi connectivity index (χ3v) is 3.53. The van der Waals surface area contributed by atoms with Gasteiger partial charge in [0.15, 0.2) is 0 Å². The summed E-state index contributed by atoms with van der Waals surface area (Å²) in [4.78, 5) is 24.7. The lowest BCUT2D eigenvalue weighted by Gasteiger charge is -2.32. The molecule has 4 nitrogen and oxygen atoms in total. The topological polar surface area (TPSA) is 49.4 Å². The fourth-order valence-electron chi connectivity index (χ4n) is 1.77. The number of piperazine rings is 1. The van der Waals surface area contributed by atoms with Crippen LogP contribution in [0.2, 0.25) is 0 Å². The molecule has 1 aliphatic heterocycles. The number of thiophene rings is 1. The molecule has 2 amide bonds. The summed E-state index contributed by atoms with van der Waals surface area (Å²) < 4.78 is 0. The lowest BCUT2D eigenvalue weighted by atomic mass is 10.1. The smallest absolute Gasteiger partial charge is 0.242 e. The molecule has 5 heteroatoms. The number of amides is 2. The highest BCUT2D eigenvalue weighted by molar-refractivity contribution is 7.07. The Morgan fingerprint density at radius 3 is 3.06 bits per heavy atom. The molecule has 1 unspecified atom stereocenters. The molecule has 86 valence electrons. The van der Waals surface area contributed by atoms with E-state index in [0.717, 1.165) is 6.42 Å². The van der Waals surface area contributed by atoms with Crippen LogP contribution in [0.4, 0.5) is 0 Å². The van der Waals surface area contributed by atoms with Crippen LogP contribution in [-0.4, -0.2) is 35.8 Å². The summed E-state index contributed by atoms with van der Waals surface area (Å²) in [5.41, 5.74) is 1.22. The average Bonchev–Trinajstić information content (AvgIpc) is 2.77. The zero-order chi connectivity index (χ0) is 11.5. The molecule has 0 saturated carbocycles. The Labute approximate surface area is 98.3 Å². The Morgan fingerprint density at radius 2 is 2.38 bits per heavy atom. The predicted molar refractivity (Wildman–Crippen MR) is 62.2 cm³/mol. The zero-order valence-electron chi connectivity index (χ0n) is 9.10. The fraction of sp³-hybridized carbons (Fsp3) is 0.455. The van der Waals surface area contributed by atoms with Gasteiger partial charge in [-0.3, -0.25) is 9.59 Å². The van der Waals surface area contributed by atoms with Gasteiger partial charge in [0.05, 0.1) is 6.54 Å². The number of nitrogens with one attached hydrogen (secondary N) is 1. The molecular formula is C11H14N2O2S. The molecule has 0 aromatic carbocycles. The SMILES string of the molecule is CC1C(=O)NCC(=O)N1CCc1ccsc1. The molecule has 0 bridgehead atoms. The van der Waals surface area contributed by atoms with Crippen molar-refractivity contribution in [3.05, 3.63) is 22.4 Å². The number of nitrogens with zero attached hydrogens (tertiary/aromatic N) is 1. The molecule has 1 fully saturated rings. The molecule has 1 aromatic rings. The van der Waals surface area contributed by atoms with Gasteiger partial charge in [0, 0.05) is 6.54 Å². The minimum Gasteiger partial charge on any atom is -0.345 e. The first-order chi connectivity index (χ1) is 7.68. The van der Waals surface area contributed by atoms with Crippen LogP contribution in [0.3, 0.4) is 0 Å². The van der Waals surface area contributed by atoms with E-state index in [2.05, 4.69) is 10.7 Å². The van der Waals surface area contributed by atoms with Crippen molar-refractivity contribution in [3.8, 4) is 0 Å². The minimum absolute atomic E-state index is 0.00216. The van der Waals surface area contributed by atoms with Crippen molar-refractivity contribution in [2.45, 2.75) is 19.4 Å². The first-order valence-electron chi connectivity index (χ1n) is 5.27. The summed E-state index contributed by atoms with van der Waals surface area (Å²) in [7, 11) is 0. The molecule has 1 aromatic heterocycles. The van der Waals surface area contributed by atoms with Crippen LogP contribution in [-0.2, 0) is 16.0 Å². The second-order valence-corrected chi connectivity index (χ2v) is 4.64. The van der Waals surface area contributed by atoms with Crippen LogP contribution in [0.5, 0.6) is 0 Å². The Morgan fingerprint density at radius 1 is 1.56 bits per heavy atom. The Bertz CT molecular complexity index is 389. The van der Waals surface area contributed by atoms with E-state index in [9.17, 15) is 9.59 Å². The molecule has 16 heavy (non-hydrogen) atoms. The van der Waals surface area contributed by atoms with Crippen molar-refractivity contribution < 1.29 is 9.59 Å². The maximum absolute atomic E-state index is 11.6. The van der Waals surface area contributed by atoms with Gasteiger partial charge in [-0.25, -0.2) is 0 Å². The van der Waals surface area contributed by atoms with Gasteiger partial charge >= 0.3 is 0 Å². The van der Waals surface area contributed by atoms with Crippen molar-refractivity contribution in [2.24, 2.45) is 0 Å². The maximum atomic E-state index is 11.6. The largest absolute Gasteiger partial charge is 0.345 e. The Hall–Kier alpha value is -1.36. The highest BCUT2D eigenvalue weighted by Gasteiger charge is 2.30. The van der Waals surface area contributed by atoms with Crippen molar-refractivity contribution in [1.82, 2.24) is 10.2 Å². The van der Waals surface area contributed by atoms with Gasteiger partial charge in [0.1, 0.15) is 6.04 Å². The molecule has 2 heterocycles. The van der Waals surface area contributed by atoms with Gasteiger partial charge in [-0.15, -0.1) is 0 Å². The third kappa shape index (κ3) is 2.24. The summed E-state index contributed by atoms with van der Waals surface area (Å²) >= 11 is 1.65. The Kier molecular flexibility index (Phi) is 3.24. The molecule has 0 aliphatic carbocycles. The molecule has 0 radical (unpaired) electrons. The van der Waals surface area contributed by atoms with Crippen LogP contribution in [0.25, 0.3) is 0 Å². The molecule has 1 aliphatic rings. The van der Waals surface area contributed by atoms with Gasteiger partial charge in [-0.2, -0.15) is 11.3 Å². The molecule has 2 rings (SSSR count). The van der Waals surface area contributed by atoms with Crippen molar-refractivity contribution >= 4 is 23.2 Å². The monoisotopic (exact) mass is 238 g/mol. The van der Waals surface area contributed by atoms with Crippen molar-refractivity contribution in [2.75, 3.05) is 13.1 Å². The number of hydrogen-bond acceptors (Lipinski definition) is 3. The fourth-order valence-corrected chi connectivity index (χ4v) is 2.48. The van der Waals surface area contributed by atoms with Gasteiger partial charge in [-0.1, -0.05) is 0 Å². The van der Waals surface area contributed by atoms with Gasteiger partial charge in [0.2, 0.25) is 11.8 Å². The van der Waals surface area contributed by atoms with E-state index in [4.69, 9.17) is 0 Å². The third-order valence-electron chi connectivity index (χ3n) is 2.80. The van der Waals surface area contributed by atoms with E-state index in [-0.39, 0.29) is 24.4 Å². The van der Waals surface area contributed by atoms with Crippen LogP contribution in [0.15, 0.2) is 16.8 Å². The standard InChI is InChI=1S/C11H14N2O2S/c1-8-11(15)12-6-10(14)13(8)4-2-9-3-5-16-7-9/h3,5,7-8H,2,4,6H2,1H3,(H,12,15). The van der Waals surface area contributed by atoms with Gasteiger partial charge < -0.3 is 10.2 Å². The van der Waals surface area contributed by atoms with E-state index < -0.39 is 0 Å². The molecular weight excluding hydrogens is 224 g/mol. The van der Waals surface area contributed by atoms with Gasteiger partial charge in [-0.05, 0) is 35.7 Å². The summed E-state index contributed by atoms with van der Waals surface area (Å²) in [6, 6.07) is 1.70. The van der Waals surface area contributed by atoms with Crippen LogP contribution in [0.1, 0.15) is 12.5 Å². The molecule has 1 atom stereocenters. The van der Waals surface area contributed by atoms with E-state index in [0.29, 0.717) is 6.54 Å². The van der Waals surface area contributed by atoms with Gasteiger partial charge in [0.25, 0.3) is 0 Å². The lowest BCUT2D eigenvalue weighted by molar-refractivity contribution is -0.144. The van der Waals surface area contributed by atoms with Crippen molar-refractivity contribution in [1.29, 1.82) is 0 Å². The van der Waals surface area contributed by atoms with E-state index in [1.165, 1.54) is 5.56 Å².